The number of nitrogens with one attached hydrogen (secondary N) is 1. The summed E-state index contributed by atoms with van der Waals surface area (Å²) in [6, 6.07) is 8.65. The molecule has 2 aliphatic rings. The van der Waals surface area contributed by atoms with Crippen LogP contribution in [0.5, 0.6) is 0 Å². The third kappa shape index (κ3) is 4.75. The minimum Gasteiger partial charge on any atom is -0.457 e. The van der Waals surface area contributed by atoms with Crippen LogP contribution in [0.2, 0.25) is 0 Å². The van der Waals surface area contributed by atoms with Crippen LogP contribution in [0.15, 0.2) is 54.1 Å². The number of carbonyl (C=O) groups excluding carboxylic acids is 3. The number of nitrogens with zero attached hydrogens (tertiary/aromatic N) is 2. The summed E-state index contributed by atoms with van der Waals surface area (Å²) in [5.41, 5.74) is 1.77. The smallest absolute Gasteiger partial charge is 0.408 e. The second-order valence-electron chi connectivity index (χ2n) is 9.06. The molecule has 2 aromatic rings. The first-order chi connectivity index (χ1) is 16.2. The third-order valence-electron chi connectivity index (χ3n) is 5.47. The zero-order valence-electron chi connectivity index (χ0n) is 19.4. The normalized spacial score (nSPS) is 19.7. The highest BCUT2D eigenvalue weighted by atomic mass is 32.1. The molecule has 0 saturated carbocycles. The molecule has 1 aromatic heterocycles. The molecule has 34 heavy (non-hydrogen) atoms. The minimum absolute atomic E-state index is 0.0221. The lowest BCUT2D eigenvalue weighted by molar-refractivity contribution is -0.155. The van der Waals surface area contributed by atoms with Gasteiger partial charge in [0.05, 0.1) is 11.7 Å². The van der Waals surface area contributed by atoms with Gasteiger partial charge in [0.15, 0.2) is 0 Å². The molecular weight excluding hydrogens is 454 g/mol. The first-order valence-electron chi connectivity index (χ1n) is 11.0. The summed E-state index contributed by atoms with van der Waals surface area (Å²) in [5.74, 6) is -0.991. The third-order valence-corrected chi connectivity index (χ3v) is 6.36. The Morgan fingerprint density at radius 2 is 2.03 bits per heavy atom. The number of hydrogen-bond acceptors (Lipinski definition) is 7. The van der Waals surface area contributed by atoms with Crippen molar-refractivity contribution in [3.8, 4) is 10.6 Å². The Bertz CT molecular complexity index is 1150. The zero-order chi connectivity index (χ0) is 24.5. The van der Waals surface area contributed by atoms with Crippen molar-refractivity contribution in [2.45, 2.75) is 51.3 Å². The molecule has 0 radical (unpaired) electrons. The number of fused-ring (bicyclic) bond motifs is 1. The molecule has 1 fully saturated rings. The van der Waals surface area contributed by atoms with Crippen molar-refractivity contribution in [1.82, 2.24) is 15.2 Å². The first kappa shape index (κ1) is 23.7. The lowest BCUT2D eigenvalue weighted by Gasteiger charge is -2.50. The Morgan fingerprint density at radius 1 is 1.29 bits per heavy atom. The fourth-order valence-electron chi connectivity index (χ4n) is 4.06. The number of esters is 1. The standard InChI is InChI=1S/C25H27N3O5S/c1-5-13-32-23(30)20-16(17-14-34-21(26-17)15-9-7-6-8-10-15)11-12-18-19(22(29)28(18)20)27-24(31)33-25(2,3)4/h5-10,14,18-19H,1,11-13H2,2-4H3,(H,27,31)/t18-,19+/m1/s1. The Labute approximate surface area is 202 Å². The molecule has 1 saturated heterocycles. The van der Waals surface area contributed by atoms with E-state index in [2.05, 4.69) is 11.9 Å². The minimum atomic E-state index is -0.756. The van der Waals surface area contributed by atoms with Crippen LogP contribution in [-0.4, -0.2) is 52.1 Å². The highest BCUT2D eigenvalue weighted by Gasteiger charge is 2.54. The van der Waals surface area contributed by atoms with Crippen molar-refractivity contribution in [3.63, 3.8) is 0 Å². The van der Waals surface area contributed by atoms with Crippen molar-refractivity contribution in [2.75, 3.05) is 6.61 Å². The molecule has 8 nitrogen and oxygen atoms in total. The highest BCUT2D eigenvalue weighted by molar-refractivity contribution is 7.13. The van der Waals surface area contributed by atoms with Crippen molar-refractivity contribution in [1.29, 1.82) is 0 Å². The Balaban J connectivity index is 1.63. The highest BCUT2D eigenvalue weighted by Crippen LogP contribution is 2.42. The molecular formula is C25H27N3O5S. The number of benzene rings is 1. The van der Waals surface area contributed by atoms with E-state index in [-0.39, 0.29) is 24.3 Å². The lowest BCUT2D eigenvalue weighted by atomic mass is 9.83. The van der Waals surface area contributed by atoms with Gasteiger partial charge in [0.1, 0.15) is 29.0 Å². The van der Waals surface area contributed by atoms with Gasteiger partial charge in [0.25, 0.3) is 5.91 Å². The van der Waals surface area contributed by atoms with Crippen LogP contribution in [0.3, 0.4) is 0 Å². The second-order valence-corrected chi connectivity index (χ2v) is 9.91. The number of amides is 2. The van der Waals surface area contributed by atoms with E-state index in [0.29, 0.717) is 24.1 Å². The van der Waals surface area contributed by atoms with E-state index in [0.717, 1.165) is 10.6 Å². The SMILES string of the molecule is C=CCOC(=O)C1=C(c2csc(-c3ccccc3)n2)CC[C@@H]2[C@H](NC(=O)OC(C)(C)C)C(=O)N12. The average molecular weight is 482 g/mol. The summed E-state index contributed by atoms with van der Waals surface area (Å²) >= 11 is 1.47. The van der Waals surface area contributed by atoms with Crippen LogP contribution in [-0.2, 0) is 19.1 Å². The zero-order valence-corrected chi connectivity index (χ0v) is 20.2. The van der Waals surface area contributed by atoms with Crippen molar-refractivity contribution in [3.05, 3.63) is 59.8 Å². The molecule has 1 N–H and O–H groups in total. The van der Waals surface area contributed by atoms with Gasteiger partial charge < -0.3 is 14.8 Å². The molecule has 0 spiro atoms. The molecule has 0 bridgehead atoms. The van der Waals surface area contributed by atoms with E-state index in [9.17, 15) is 14.4 Å². The van der Waals surface area contributed by atoms with Crippen molar-refractivity contribution >= 4 is 34.9 Å². The van der Waals surface area contributed by atoms with Crippen LogP contribution >= 0.6 is 11.3 Å². The van der Waals surface area contributed by atoms with Crippen LogP contribution in [0.1, 0.15) is 39.3 Å². The maximum atomic E-state index is 13.1. The Morgan fingerprint density at radius 3 is 2.71 bits per heavy atom. The van der Waals surface area contributed by atoms with E-state index in [4.69, 9.17) is 14.5 Å². The topological polar surface area (TPSA) is 97.8 Å². The van der Waals surface area contributed by atoms with Gasteiger partial charge in [-0.25, -0.2) is 14.6 Å². The average Bonchev–Trinajstić information content (AvgIpc) is 3.29. The van der Waals surface area contributed by atoms with Gasteiger partial charge in [-0.05, 0) is 33.6 Å². The first-order valence-corrected chi connectivity index (χ1v) is 11.9. The summed E-state index contributed by atoms with van der Waals surface area (Å²) in [5, 5.41) is 5.36. The van der Waals surface area contributed by atoms with Gasteiger partial charge in [-0.15, -0.1) is 11.3 Å². The fourth-order valence-corrected chi connectivity index (χ4v) is 4.91. The summed E-state index contributed by atoms with van der Waals surface area (Å²) in [6.45, 7) is 8.86. The number of aromatic nitrogens is 1. The van der Waals surface area contributed by atoms with E-state index >= 15 is 0 Å². The number of thiazole rings is 1. The van der Waals surface area contributed by atoms with Gasteiger partial charge in [0.2, 0.25) is 0 Å². The summed E-state index contributed by atoms with van der Waals surface area (Å²) < 4.78 is 10.6. The Hall–Kier alpha value is -3.46. The lowest BCUT2D eigenvalue weighted by Crippen LogP contribution is -2.71. The predicted octanol–water partition coefficient (Wildman–Crippen LogP) is 4.15. The summed E-state index contributed by atoms with van der Waals surface area (Å²) in [6.07, 6.45) is 1.89. The Kier molecular flexibility index (Phi) is 6.56. The maximum absolute atomic E-state index is 13.1. The van der Waals surface area contributed by atoms with E-state index < -0.39 is 23.7 Å². The number of allylic oxidation sites excluding steroid dienone is 1. The summed E-state index contributed by atoms with van der Waals surface area (Å²) in [7, 11) is 0. The van der Waals surface area contributed by atoms with E-state index in [1.54, 1.807) is 20.8 Å². The van der Waals surface area contributed by atoms with Crippen LogP contribution in [0, 0.1) is 0 Å². The van der Waals surface area contributed by atoms with Gasteiger partial charge in [-0.1, -0.05) is 43.0 Å². The van der Waals surface area contributed by atoms with Crippen LogP contribution < -0.4 is 5.32 Å². The van der Waals surface area contributed by atoms with Gasteiger partial charge in [-0.3, -0.25) is 9.69 Å². The molecule has 1 aromatic carbocycles. The molecule has 178 valence electrons. The monoisotopic (exact) mass is 481 g/mol. The molecule has 3 heterocycles. The van der Waals surface area contributed by atoms with E-state index in [1.165, 1.54) is 22.3 Å². The predicted molar refractivity (Wildman–Crippen MR) is 129 cm³/mol. The second kappa shape index (κ2) is 9.42. The molecule has 2 amide bonds. The molecule has 2 aliphatic heterocycles. The number of rotatable bonds is 6. The number of ether oxygens (including phenoxy) is 2. The van der Waals surface area contributed by atoms with Gasteiger partial charge in [0, 0.05) is 16.5 Å². The largest absolute Gasteiger partial charge is 0.457 e. The number of β-lactam (4-membered cyclic amide) rings is 1. The van der Waals surface area contributed by atoms with Gasteiger partial charge in [-0.2, -0.15) is 0 Å². The van der Waals surface area contributed by atoms with Gasteiger partial charge >= 0.3 is 12.1 Å². The number of carbonyl (C=O) groups is 3. The number of alkyl carbamates (subject to hydrolysis) is 1. The van der Waals surface area contributed by atoms with E-state index in [1.807, 2.05) is 35.7 Å². The molecule has 0 unspecified atom stereocenters. The maximum Gasteiger partial charge on any atom is 0.408 e. The van der Waals surface area contributed by atoms with Crippen molar-refractivity contribution < 1.29 is 23.9 Å². The van der Waals surface area contributed by atoms with Crippen LogP contribution in [0.25, 0.3) is 16.1 Å². The number of hydrogen-bond donors (Lipinski definition) is 1. The molecule has 2 atom stereocenters. The quantitative estimate of drug-likeness (QED) is 0.378. The summed E-state index contributed by atoms with van der Waals surface area (Å²) in [4.78, 5) is 44.5. The molecule has 0 aliphatic carbocycles. The van der Waals surface area contributed by atoms with Crippen molar-refractivity contribution in [2.24, 2.45) is 0 Å². The van der Waals surface area contributed by atoms with Crippen LogP contribution in [0.4, 0.5) is 4.79 Å². The molecule has 4 rings (SSSR count). The fraction of sp³-hybridized carbons (Fsp3) is 0.360. The molecule has 9 heteroatoms.